The minimum Gasteiger partial charge on any atom is -0.467 e. The Bertz CT molecular complexity index is 745. The van der Waals surface area contributed by atoms with E-state index >= 15 is 0 Å². The van der Waals surface area contributed by atoms with Crippen molar-refractivity contribution in [3.8, 4) is 0 Å². The molecular formula is C23H30N2O4. The van der Waals surface area contributed by atoms with Crippen LogP contribution >= 0.6 is 0 Å². The molecule has 6 nitrogen and oxygen atoms in total. The molecule has 29 heavy (non-hydrogen) atoms. The Labute approximate surface area is 172 Å². The van der Waals surface area contributed by atoms with Crippen molar-refractivity contribution in [3.63, 3.8) is 0 Å². The maximum atomic E-state index is 12.8. The molecule has 2 aliphatic rings. The number of ether oxygens (including phenoxy) is 1. The summed E-state index contributed by atoms with van der Waals surface area (Å²) in [5.74, 6) is -0.653. The summed E-state index contributed by atoms with van der Waals surface area (Å²) < 4.78 is 4.98. The molecule has 6 heteroatoms. The van der Waals surface area contributed by atoms with E-state index in [-0.39, 0.29) is 23.7 Å². The molecule has 0 spiro atoms. The molecule has 156 valence electrons. The lowest BCUT2D eigenvalue weighted by Crippen LogP contribution is -2.58. The van der Waals surface area contributed by atoms with Crippen molar-refractivity contribution in [2.45, 2.75) is 50.5 Å². The molecule has 0 bridgehead atoms. The summed E-state index contributed by atoms with van der Waals surface area (Å²) in [6.07, 6.45) is 8.77. The Kier molecular flexibility index (Phi) is 7.07. The van der Waals surface area contributed by atoms with Gasteiger partial charge in [0.25, 0.3) is 0 Å². The third-order valence-corrected chi connectivity index (χ3v) is 6.04. The van der Waals surface area contributed by atoms with Gasteiger partial charge in [-0.3, -0.25) is 9.59 Å². The van der Waals surface area contributed by atoms with Crippen LogP contribution in [-0.4, -0.2) is 48.4 Å². The van der Waals surface area contributed by atoms with Crippen LogP contribution in [0.3, 0.4) is 0 Å². The lowest BCUT2D eigenvalue weighted by atomic mass is 9.81. The number of rotatable bonds is 5. The van der Waals surface area contributed by atoms with E-state index in [0.29, 0.717) is 38.8 Å². The predicted octanol–water partition coefficient (Wildman–Crippen LogP) is 2.93. The fourth-order valence-electron chi connectivity index (χ4n) is 4.27. The second-order valence-corrected chi connectivity index (χ2v) is 7.97. The van der Waals surface area contributed by atoms with Crippen molar-refractivity contribution in [1.82, 2.24) is 10.2 Å². The minimum atomic E-state index is -0.880. The molecule has 1 aliphatic carbocycles. The van der Waals surface area contributed by atoms with Gasteiger partial charge >= 0.3 is 5.97 Å². The molecule has 0 atom stereocenters. The van der Waals surface area contributed by atoms with Crippen molar-refractivity contribution in [2.75, 3.05) is 20.2 Å². The number of amides is 2. The van der Waals surface area contributed by atoms with Crippen LogP contribution in [0.2, 0.25) is 0 Å². The van der Waals surface area contributed by atoms with Crippen molar-refractivity contribution in [1.29, 1.82) is 0 Å². The predicted molar refractivity (Wildman–Crippen MR) is 111 cm³/mol. The molecule has 1 saturated carbocycles. The van der Waals surface area contributed by atoms with E-state index < -0.39 is 5.54 Å². The Balaban J connectivity index is 1.53. The number of nitrogens with one attached hydrogen (secondary N) is 1. The summed E-state index contributed by atoms with van der Waals surface area (Å²) in [6, 6.07) is 9.70. The molecule has 2 amide bonds. The third kappa shape index (κ3) is 5.25. The first-order valence-electron chi connectivity index (χ1n) is 10.5. The van der Waals surface area contributed by atoms with Crippen LogP contribution in [0.25, 0.3) is 6.08 Å². The summed E-state index contributed by atoms with van der Waals surface area (Å²) in [7, 11) is 1.37. The summed E-state index contributed by atoms with van der Waals surface area (Å²) in [5, 5.41) is 3.01. The largest absolute Gasteiger partial charge is 0.467 e. The second-order valence-electron chi connectivity index (χ2n) is 7.97. The highest BCUT2D eigenvalue weighted by Gasteiger charge is 2.43. The molecule has 0 unspecified atom stereocenters. The monoisotopic (exact) mass is 398 g/mol. The number of piperidine rings is 1. The van der Waals surface area contributed by atoms with Crippen LogP contribution in [0.15, 0.2) is 36.4 Å². The van der Waals surface area contributed by atoms with Gasteiger partial charge in [0.2, 0.25) is 11.8 Å². The first kappa shape index (κ1) is 21.1. The van der Waals surface area contributed by atoms with Crippen molar-refractivity contribution >= 4 is 23.9 Å². The van der Waals surface area contributed by atoms with E-state index in [1.54, 1.807) is 11.0 Å². The molecule has 2 fully saturated rings. The van der Waals surface area contributed by atoms with Gasteiger partial charge in [0, 0.05) is 25.1 Å². The number of esters is 1. The zero-order valence-corrected chi connectivity index (χ0v) is 17.1. The summed E-state index contributed by atoms with van der Waals surface area (Å²) in [5.41, 5.74) is 0.103. The van der Waals surface area contributed by atoms with Crippen LogP contribution in [-0.2, 0) is 19.1 Å². The van der Waals surface area contributed by atoms with E-state index in [0.717, 1.165) is 24.8 Å². The van der Waals surface area contributed by atoms with Gasteiger partial charge in [-0.1, -0.05) is 49.6 Å². The van der Waals surface area contributed by atoms with Crippen LogP contribution in [0.5, 0.6) is 0 Å². The minimum absolute atomic E-state index is 0.0361. The van der Waals surface area contributed by atoms with E-state index in [9.17, 15) is 14.4 Å². The normalized spacial score (nSPS) is 19.7. The maximum Gasteiger partial charge on any atom is 0.331 e. The quantitative estimate of drug-likeness (QED) is 0.611. The average Bonchev–Trinajstić information content (AvgIpc) is 2.78. The zero-order chi connectivity index (χ0) is 20.7. The van der Waals surface area contributed by atoms with Crippen LogP contribution in [0, 0.1) is 5.92 Å². The lowest BCUT2D eigenvalue weighted by molar-refractivity contribution is -0.153. The van der Waals surface area contributed by atoms with Crippen LogP contribution in [0.1, 0.15) is 50.5 Å². The fraction of sp³-hybridized carbons (Fsp3) is 0.522. The van der Waals surface area contributed by atoms with Gasteiger partial charge in [0.1, 0.15) is 5.54 Å². The van der Waals surface area contributed by atoms with Gasteiger partial charge in [0.05, 0.1) is 7.11 Å². The molecule has 0 aromatic heterocycles. The Morgan fingerprint density at radius 1 is 1.07 bits per heavy atom. The molecular weight excluding hydrogens is 368 g/mol. The SMILES string of the molecule is COC(=O)C1(NC(=O)C2CCN(C(=O)/C=C/c3ccccc3)CC2)CCCCC1. The smallest absolute Gasteiger partial charge is 0.331 e. The first-order valence-corrected chi connectivity index (χ1v) is 10.5. The maximum absolute atomic E-state index is 12.8. The first-order chi connectivity index (χ1) is 14.0. The summed E-state index contributed by atoms with van der Waals surface area (Å²) in [4.78, 5) is 39.4. The molecule has 1 aliphatic heterocycles. The highest BCUT2D eigenvalue weighted by molar-refractivity contribution is 5.92. The van der Waals surface area contributed by atoms with Gasteiger partial charge in [-0.15, -0.1) is 0 Å². The number of carbonyl (C=O) groups is 3. The highest BCUT2D eigenvalue weighted by atomic mass is 16.5. The van der Waals surface area contributed by atoms with Gasteiger partial charge in [0.15, 0.2) is 0 Å². The van der Waals surface area contributed by atoms with Gasteiger partial charge in [-0.2, -0.15) is 0 Å². The molecule has 1 saturated heterocycles. The van der Waals surface area contributed by atoms with Crippen molar-refractivity contribution in [3.05, 3.63) is 42.0 Å². The Hall–Kier alpha value is -2.63. The molecule has 3 rings (SSSR count). The standard InChI is InChI=1S/C23H30N2O4/c1-29-22(28)23(14-6-3-7-15-23)24-21(27)19-12-16-25(17-13-19)20(26)11-10-18-8-4-2-5-9-18/h2,4-5,8-11,19H,3,6-7,12-17H2,1H3,(H,24,27)/b11-10+. The van der Waals surface area contributed by atoms with Gasteiger partial charge in [-0.05, 0) is 37.3 Å². The van der Waals surface area contributed by atoms with Gasteiger partial charge < -0.3 is 15.0 Å². The average molecular weight is 399 g/mol. The number of benzene rings is 1. The highest BCUT2D eigenvalue weighted by Crippen LogP contribution is 2.30. The topological polar surface area (TPSA) is 75.7 Å². The van der Waals surface area contributed by atoms with Crippen LogP contribution in [0.4, 0.5) is 0 Å². The van der Waals surface area contributed by atoms with Gasteiger partial charge in [-0.25, -0.2) is 4.79 Å². The lowest BCUT2D eigenvalue weighted by Gasteiger charge is -2.37. The number of methoxy groups -OCH3 is 1. The summed E-state index contributed by atoms with van der Waals surface area (Å²) >= 11 is 0. The summed E-state index contributed by atoms with van der Waals surface area (Å²) in [6.45, 7) is 1.09. The van der Waals surface area contributed by atoms with E-state index in [2.05, 4.69) is 5.32 Å². The van der Waals surface area contributed by atoms with Crippen molar-refractivity contribution < 1.29 is 19.1 Å². The molecule has 1 aromatic carbocycles. The zero-order valence-electron chi connectivity index (χ0n) is 17.1. The number of nitrogens with zero attached hydrogens (tertiary/aromatic N) is 1. The van der Waals surface area contributed by atoms with Crippen molar-refractivity contribution in [2.24, 2.45) is 5.92 Å². The number of carbonyl (C=O) groups excluding carboxylic acids is 3. The third-order valence-electron chi connectivity index (χ3n) is 6.04. The molecule has 0 radical (unpaired) electrons. The Morgan fingerprint density at radius 2 is 1.72 bits per heavy atom. The second kappa shape index (κ2) is 9.72. The molecule has 1 heterocycles. The Morgan fingerprint density at radius 3 is 2.34 bits per heavy atom. The van der Waals surface area contributed by atoms with E-state index in [1.165, 1.54) is 7.11 Å². The molecule has 1 aromatic rings. The number of hydrogen-bond acceptors (Lipinski definition) is 4. The van der Waals surface area contributed by atoms with E-state index in [4.69, 9.17) is 4.74 Å². The van der Waals surface area contributed by atoms with Crippen LogP contribution < -0.4 is 5.32 Å². The van der Waals surface area contributed by atoms with E-state index in [1.807, 2.05) is 36.4 Å². The fourth-order valence-corrected chi connectivity index (χ4v) is 4.27. The number of likely N-dealkylation sites (tertiary alicyclic amines) is 1. The molecule has 1 N–H and O–H groups in total. The number of hydrogen-bond donors (Lipinski definition) is 1.